The van der Waals surface area contributed by atoms with Crippen molar-refractivity contribution in [3.63, 3.8) is 0 Å². The maximum absolute atomic E-state index is 12.7. The van der Waals surface area contributed by atoms with Crippen LogP contribution in [0.25, 0.3) is 0 Å². The number of amides is 2. The van der Waals surface area contributed by atoms with Crippen molar-refractivity contribution in [2.75, 3.05) is 20.6 Å². The Kier molecular flexibility index (Phi) is 7.83. The minimum atomic E-state index is -0.613. The van der Waals surface area contributed by atoms with E-state index in [1.807, 2.05) is 33.3 Å². The summed E-state index contributed by atoms with van der Waals surface area (Å²) in [5.41, 5.74) is 1.64. The van der Waals surface area contributed by atoms with Crippen molar-refractivity contribution >= 4 is 34.8 Å². The van der Waals surface area contributed by atoms with Crippen LogP contribution in [0.3, 0.4) is 0 Å². The zero-order valence-corrected chi connectivity index (χ0v) is 17.6. The summed E-state index contributed by atoms with van der Waals surface area (Å²) in [5, 5.41) is 10.5. The lowest BCUT2D eigenvalue weighted by molar-refractivity contribution is -0.124. The van der Waals surface area contributed by atoms with Gasteiger partial charge in [0.2, 0.25) is 5.91 Å². The number of thiophene rings is 1. The number of carbonyl (C=O) groups excluding carboxylic acids is 2. The van der Waals surface area contributed by atoms with Gasteiger partial charge in [-0.25, -0.2) is 0 Å². The number of hydrogen-bond donors (Lipinski definition) is 2. The van der Waals surface area contributed by atoms with Gasteiger partial charge >= 0.3 is 0 Å². The Morgan fingerprint density at radius 1 is 1.15 bits per heavy atom. The van der Waals surface area contributed by atoms with Crippen molar-refractivity contribution in [1.82, 2.24) is 15.5 Å². The predicted molar refractivity (Wildman–Crippen MR) is 111 cm³/mol. The lowest BCUT2D eigenvalue weighted by atomic mass is 10.0. The summed E-state index contributed by atoms with van der Waals surface area (Å²) in [4.78, 5) is 27.3. The van der Waals surface area contributed by atoms with Gasteiger partial charge in [-0.1, -0.05) is 25.4 Å². The Bertz CT molecular complexity index is 745. The zero-order chi connectivity index (χ0) is 20.0. The van der Waals surface area contributed by atoms with E-state index in [9.17, 15) is 9.59 Å². The highest BCUT2D eigenvalue weighted by molar-refractivity contribution is 7.07. The van der Waals surface area contributed by atoms with Crippen LogP contribution in [-0.2, 0) is 4.79 Å². The quantitative estimate of drug-likeness (QED) is 0.703. The number of hydrogen-bond acceptors (Lipinski definition) is 4. The van der Waals surface area contributed by atoms with E-state index in [4.69, 9.17) is 11.6 Å². The van der Waals surface area contributed by atoms with E-state index in [1.165, 1.54) is 0 Å². The molecule has 0 bridgehead atoms. The fraction of sp³-hybridized carbons (Fsp3) is 0.400. The van der Waals surface area contributed by atoms with Crippen LogP contribution in [-0.4, -0.2) is 43.4 Å². The number of carbonyl (C=O) groups is 2. The van der Waals surface area contributed by atoms with Gasteiger partial charge in [-0.3, -0.25) is 9.59 Å². The van der Waals surface area contributed by atoms with Crippen LogP contribution in [0.15, 0.2) is 41.1 Å². The lowest BCUT2D eigenvalue weighted by Crippen LogP contribution is -2.51. The van der Waals surface area contributed by atoms with Gasteiger partial charge in [0.15, 0.2) is 0 Å². The maximum atomic E-state index is 12.7. The number of likely N-dealkylation sites (N-methyl/N-ethyl adjacent to an activating group) is 1. The minimum absolute atomic E-state index is 0.0415. The van der Waals surface area contributed by atoms with Gasteiger partial charge < -0.3 is 15.5 Å². The second-order valence-corrected chi connectivity index (χ2v) is 8.20. The first-order valence-electron chi connectivity index (χ1n) is 8.82. The molecule has 1 heterocycles. The largest absolute Gasteiger partial charge is 0.352 e. The molecule has 2 unspecified atom stereocenters. The van der Waals surface area contributed by atoms with Gasteiger partial charge in [-0.05, 0) is 66.7 Å². The van der Waals surface area contributed by atoms with E-state index in [2.05, 4.69) is 27.0 Å². The summed E-state index contributed by atoms with van der Waals surface area (Å²) in [6.45, 7) is 4.30. The number of rotatable bonds is 8. The first-order chi connectivity index (χ1) is 12.8. The van der Waals surface area contributed by atoms with Gasteiger partial charge in [0.25, 0.3) is 5.91 Å². The normalized spacial score (nSPS) is 13.4. The molecule has 146 valence electrons. The van der Waals surface area contributed by atoms with Gasteiger partial charge in [-0.2, -0.15) is 11.3 Å². The summed E-state index contributed by atoms with van der Waals surface area (Å²) < 4.78 is 0. The summed E-state index contributed by atoms with van der Waals surface area (Å²) in [7, 11) is 3.97. The van der Waals surface area contributed by atoms with Crippen LogP contribution < -0.4 is 10.6 Å². The average Bonchev–Trinajstić information content (AvgIpc) is 3.13. The highest BCUT2D eigenvalue weighted by atomic mass is 35.5. The van der Waals surface area contributed by atoms with Crippen molar-refractivity contribution in [1.29, 1.82) is 0 Å². The summed E-state index contributed by atoms with van der Waals surface area (Å²) >= 11 is 7.49. The van der Waals surface area contributed by atoms with Crippen molar-refractivity contribution in [3.05, 3.63) is 57.2 Å². The van der Waals surface area contributed by atoms with E-state index in [1.54, 1.807) is 35.6 Å². The third kappa shape index (κ3) is 6.06. The van der Waals surface area contributed by atoms with E-state index in [-0.39, 0.29) is 23.8 Å². The average molecular weight is 408 g/mol. The molecule has 0 spiro atoms. The van der Waals surface area contributed by atoms with Crippen molar-refractivity contribution in [3.8, 4) is 0 Å². The first-order valence-corrected chi connectivity index (χ1v) is 10.1. The van der Waals surface area contributed by atoms with E-state index < -0.39 is 6.04 Å². The lowest BCUT2D eigenvalue weighted by Gasteiger charge is -2.27. The molecular formula is C20H26ClN3O2S. The van der Waals surface area contributed by atoms with Crippen molar-refractivity contribution in [2.45, 2.75) is 25.9 Å². The highest BCUT2D eigenvalue weighted by Crippen LogP contribution is 2.20. The highest BCUT2D eigenvalue weighted by Gasteiger charge is 2.26. The fourth-order valence-corrected chi connectivity index (χ4v) is 3.56. The summed E-state index contributed by atoms with van der Waals surface area (Å²) in [6, 6.07) is 8.13. The van der Waals surface area contributed by atoms with Crippen LogP contribution in [0.4, 0.5) is 0 Å². The molecule has 0 aliphatic carbocycles. The molecule has 2 N–H and O–H groups in total. The van der Waals surface area contributed by atoms with E-state index >= 15 is 0 Å². The Balaban J connectivity index is 2.01. The van der Waals surface area contributed by atoms with E-state index in [0.717, 1.165) is 5.56 Å². The van der Waals surface area contributed by atoms with Gasteiger partial charge in [0.1, 0.15) is 6.04 Å². The molecule has 2 amide bonds. The molecule has 0 saturated carbocycles. The maximum Gasteiger partial charge on any atom is 0.251 e. The molecule has 0 fully saturated rings. The molecule has 5 nitrogen and oxygen atoms in total. The van der Waals surface area contributed by atoms with Crippen LogP contribution in [0, 0.1) is 5.92 Å². The third-order valence-electron chi connectivity index (χ3n) is 4.36. The van der Waals surface area contributed by atoms with E-state index in [0.29, 0.717) is 17.1 Å². The summed E-state index contributed by atoms with van der Waals surface area (Å²) in [5.74, 6) is -0.517. The fourth-order valence-electron chi connectivity index (χ4n) is 2.73. The monoisotopic (exact) mass is 407 g/mol. The molecule has 2 aromatic rings. The number of halogens is 1. The van der Waals surface area contributed by atoms with Crippen LogP contribution in [0.1, 0.15) is 35.8 Å². The summed E-state index contributed by atoms with van der Waals surface area (Å²) in [6.07, 6.45) is 0. The van der Waals surface area contributed by atoms with Crippen molar-refractivity contribution in [2.24, 2.45) is 5.92 Å². The van der Waals surface area contributed by atoms with Gasteiger partial charge in [0, 0.05) is 17.1 Å². The predicted octanol–water partition coefficient (Wildman–Crippen LogP) is 3.58. The minimum Gasteiger partial charge on any atom is -0.352 e. The first kappa shape index (κ1) is 21.4. The van der Waals surface area contributed by atoms with Crippen molar-refractivity contribution < 1.29 is 9.59 Å². The van der Waals surface area contributed by atoms with Gasteiger partial charge in [0.05, 0.1) is 6.04 Å². The zero-order valence-electron chi connectivity index (χ0n) is 16.0. The Hall–Kier alpha value is -1.89. The van der Waals surface area contributed by atoms with Gasteiger partial charge in [-0.15, -0.1) is 0 Å². The molecular weight excluding hydrogens is 382 g/mol. The smallest absolute Gasteiger partial charge is 0.251 e. The molecule has 7 heteroatoms. The molecule has 0 saturated heterocycles. The second kappa shape index (κ2) is 9.88. The Labute approximate surface area is 169 Å². The Morgan fingerprint density at radius 3 is 2.33 bits per heavy atom. The number of benzene rings is 1. The van der Waals surface area contributed by atoms with Crippen LogP contribution in [0.2, 0.25) is 5.02 Å². The number of nitrogens with one attached hydrogen (secondary N) is 2. The molecule has 0 aliphatic rings. The second-order valence-electron chi connectivity index (χ2n) is 6.98. The number of nitrogens with zero attached hydrogens (tertiary/aromatic N) is 1. The third-order valence-corrected chi connectivity index (χ3v) is 5.32. The molecule has 0 radical (unpaired) electrons. The molecule has 1 aromatic carbocycles. The van der Waals surface area contributed by atoms with Crippen LogP contribution in [0.5, 0.6) is 0 Å². The standard InChI is InChI=1S/C20H26ClN3O2S/c1-13(2)18(23-19(25)14-5-7-16(21)8-6-14)20(26)22-11-17(24(3)4)15-9-10-27-12-15/h5-10,12-13,17-18H,11H2,1-4H3,(H,22,26)(H,23,25). The molecule has 0 aliphatic heterocycles. The SMILES string of the molecule is CC(C)C(NC(=O)c1ccc(Cl)cc1)C(=O)NCC(c1ccsc1)N(C)C. The molecule has 1 aromatic heterocycles. The molecule has 2 atom stereocenters. The molecule has 27 heavy (non-hydrogen) atoms. The Morgan fingerprint density at radius 2 is 1.81 bits per heavy atom. The van der Waals surface area contributed by atoms with Crippen LogP contribution >= 0.6 is 22.9 Å². The molecule has 2 rings (SSSR count). The topological polar surface area (TPSA) is 61.4 Å².